The zero-order valence-corrected chi connectivity index (χ0v) is 13.8. The van der Waals surface area contributed by atoms with Gasteiger partial charge in [0.2, 0.25) is 11.8 Å². The third kappa shape index (κ3) is 3.02. The molecule has 0 spiro atoms. The van der Waals surface area contributed by atoms with Gasteiger partial charge in [-0.2, -0.15) is 0 Å². The highest BCUT2D eigenvalue weighted by molar-refractivity contribution is 5.80. The van der Waals surface area contributed by atoms with E-state index in [0.29, 0.717) is 12.8 Å². The van der Waals surface area contributed by atoms with Gasteiger partial charge in [-0.15, -0.1) is 0 Å². The zero-order chi connectivity index (χ0) is 17.3. The Bertz CT molecular complexity index is 634. The number of aliphatic hydroxyl groups excluding tert-OH is 1. The first kappa shape index (κ1) is 16.9. The van der Waals surface area contributed by atoms with Gasteiger partial charge in [0.15, 0.2) is 0 Å². The molecule has 5 nitrogen and oxygen atoms in total. The fourth-order valence-electron chi connectivity index (χ4n) is 4.15. The predicted molar refractivity (Wildman–Crippen MR) is 86.5 cm³/mol. The van der Waals surface area contributed by atoms with E-state index in [1.807, 2.05) is 6.92 Å². The Labute approximate surface area is 140 Å². The number of amides is 2. The Kier molecular flexibility index (Phi) is 4.58. The number of rotatable bonds is 2. The first-order chi connectivity index (χ1) is 11.4. The summed E-state index contributed by atoms with van der Waals surface area (Å²) in [5.74, 6) is -0.687. The standard InChI is InChI=1S/C18H23FN2O3/c1-18-10-14(12-6-8-13(19)9-7-12)21(17(24)11-22)15(18)4-2-3-5-16(23)20-18/h6-9,14-15,22H,2-5,10-11H2,1H3,(H,20,23)/t14-,15-,18-/m0/s1. The van der Waals surface area contributed by atoms with Crippen LogP contribution in [-0.2, 0) is 9.59 Å². The van der Waals surface area contributed by atoms with Crippen LogP contribution >= 0.6 is 0 Å². The molecular weight excluding hydrogens is 311 g/mol. The van der Waals surface area contributed by atoms with E-state index < -0.39 is 12.1 Å². The minimum absolute atomic E-state index is 0.00152. The van der Waals surface area contributed by atoms with Gasteiger partial charge in [-0.3, -0.25) is 9.59 Å². The summed E-state index contributed by atoms with van der Waals surface area (Å²) in [6.45, 7) is 1.39. The number of carbonyl (C=O) groups is 2. The van der Waals surface area contributed by atoms with Crippen molar-refractivity contribution in [3.05, 3.63) is 35.6 Å². The van der Waals surface area contributed by atoms with Crippen LogP contribution in [0.15, 0.2) is 24.3 Å². The van der Waals surface area contributed by atoms with E-state index in [0.717, 1.165) is 24.8 Å². The van der Waals surface area contributed by atoms with E-state index in [-0.39, 0.29) is 29.7 Å². The topological polar surface area (TPSA) is 69.6 Å². The third-order valence-electron chi connectivity index (χ3n) is 5.26. The van der Waals surface area contributed by atoms with Crippen LogP contribution in [0.25, 0.3) is 0 Å². The SMILES string of the molecule is C[C@]12C[C@@H](c3ccc(F)cc3)N(C(=O)CO)[C@H]1CCCCC(=O)N2. The quantitative estimate of drug-likeness (QED) is 0.868. The number of carbonyl (C=O) groups excluding carboxylic acids is 2. The van der Waals surface area contributed by atoms with E-state index in [9.17, 15) is 19.1 Å². The largest absolute Gasteiger partial charge is 0.387 e. The van der Waals surface area contributed by atoms with E-state index in [2.05, 4.69) is 5.32 Å². The molecule has 24 heavy (non-hydrogen) atoms. The Hall–Kier alpha value is -1.95. The van der Waals surface area contributed by atoms with Crippen molar-refractivity contribution < 1.29 is 19.1 Å². The molecule has 1 aromatic rings. The summed E-state index contributed by atoms with van der Waals surface area (Å²) in [5, 5.41) is 12.5. The van der Waals surface area contributed by atoms with Gasteiger partial charge in [0.25, 0.3) is 0 Å². The number of nitrogens with zero attached hydrogens (tertiary/aromatic N) is 1. The van der Waals surface area contributed by atoms with Gasteiger partial charge in [0.1, 0.15) is 12.4 Å². The molecule has 2 fully saturated rings. The lowest BCUT2D eigenvalue weighted by molar-refractivity contribution is -0.139. The molecule has 2 amide bonds. The molecule has 2 saturated heterocycles. The maximum absolute atomic E-state index is 13.2. The van der Waals surface area contributed by atoms with Crippen LogP contribution < -0.4 is 5.32 Å². The first-order valence-electron chi connectivity index (χ1n) is 8.43. The molecule has 2 aliphatic heterocycles. The normalized spacial score (nSPS) is 30.3. The predicted octanol–water partition coefficient (Wildman–Crippen LogP) is 1.91. The summed E-state index contributed by atoms with van der Waals surface area (Å²) in [5.41, 5.74) is 0.280. The molecule has 0 saturated carbocycles. The second kappa shape index (κ2) is 6.51. The molecule has 0 aliphatic carbocycles. The maximum Gasteiger partial charge on any atom is 0.249 e. The molecule has 2 heterocycles. The Morgan fingerprint density at radius 2 is 2.08 bits per heavy atom. The summed E-state index contributed by atoms with van der Waals surface area (Å²) in [6, 6.07) is 5.63. The molecule has 6 heteroatoms. The van der Waals surface area contributed by atoms with Crippen LogP contribution in [0.1, 0.15) is 50.6 Å². The van der Waals surface area contributed by atoms with Crippen LogP contribution in [0, 0.1) is 5.82 Å². The Balaban J connectivity index is 2.00. The van der Waals surface area contributed by atoms with E-state index in [1.165, 1.54) is 12.1 Å². The molecule has 2 N–H and O–H groups in total. The maximum atomic E-state index is 13.2. The van der Waals surface area contributed by atoms with Crippen molar-refractivity contribution in [2.24, 2.45) is 0 Å². The molecular formula is C18H23FN2O3. The lowest BCUT2D eigenvalue weighted by Crippen LogP contribution is -2.56. The molecule has 3 atom stereocenters. The summed E-state index contributed by atoms with van der Waals surface area (Å²) in [6.07, 6.45) is 3.48. The fraction of sp³-hybridized carbons (Fsp3) is 0.556. The minimum Gasteiger partial charge on any atom is -0.387 e. The van der Waals surface area contributed by atoms with Crippen LogP contribution in [0.2, 0.25) is 0 Å². The molecule has 0 radical (unpaired) electrons. The number of hydrogen-bond acceptors (Lipinski definition) is 3. The lowest BCUT2D eigenvalue weighted by atomic mass is 9.85. The molecule has 130 valence electrons. The zero-order valence-electron chi connectivity index (χ0n) is 13.8. The average molecular weight is 334 g/mol. The van der Waals surface area contributed by atoms with Gasteiger partial charge in [-0.05, 0) is 43.9 Å². The number of hydrogen-bond donors (Lipinski definition) is 2. The Morgan fingerprint density at radius 1 is 1.38 bits per heavy atom. The monoisotopic (exact) mass is 334 g/mol. The smallest absolute Gasteiger partial charge is 0.249 e. The van der Waals surface area contributed by atoms with Crippen molar-refractivity contribution in [2.45, 2.75) is 56.7 Å². The fourth-order valence-corrected chi connectivity index (χ4v) is 4.15. The Morgan fingerprint density at radius 3 is 2.75 bits per heavy atom. The molecule has 0 aromatic heterocycles. The average Bonchev–Trinajstić information content (AvgIpc) is 2.82. The highest BCUT2D eigenvalue weighted by atomic mass is 19.1. The number of benzene rings is 1. The van der Waals surface area contributed by atoms with Crippen molar-refractivity contribution in [2.75, 3.05) is 6.61 Å². The van der Waals surface area contributed by atoms with Crippen molar-refractivity contribution in [1.82, 2.24) is 10.2 Å². The minimum atomic E-state index is -0.571. The van der Waals surface area contributed by atoms with Gasteiger partial charge in [-0.1, -0.05) is 18.6 Å². The molecule has 1 aromatic carbocycles. The first-order valence-corrected chi connectivity index (χ1v) is 8.43. The summed E-state index contributed by atoms with van der Waals surface area (Å²) >= 11 is 0. The van der Waals surface area contributed by atoms with Crippen molar-refractivity contribution in [3.63, 3.8) is 0 Å². The van der Waals surface area contributed by atoms with E-state index in [4.69, 9.17) is 0 Å². The van der Waals surface area contributed by atoms with Crippen molar-refractivity contribution in [1.29, 1.82) is 0 Å². The summed E-state index contributed by atoms with van der Waals surface area (Å²) in [4.78, 5) is 26.2. The number of nitrogens with one attached hydrogen (secondary N) is 1. The third-order valence-corrected chi connectivity index (χ3v) is 5.26. The second-order valence-corrected chi connectivity index (χ2v) is 6.96. The van der Waals surface area contributed by atoms with Gasteiger partial charge in [0, 0.05) is 6.42 Å². The van der Waals surface area contributed by atoms with Crippen LogP contribution in [0.4, 0.5) is 4.39 Å². The molecule has 0 unspecified atom stereocenters. The molecule has 0 bridgehead atoms. The van der Waals surface area contributed by atoms with Gasteiger partial charge in [-0.25, -0.2) is 4.39 Å². The van der Waals surface area contributed by atoms with E-state index in [1.54, 1.807) is 17.0 Å². The number of likely N-dealkylation sites (tertiary alicyclic amines) is 1. The lowest BCUT2D eigenvalue weighted by Gasteiger charge is -2.38. The van der Waals surface area contributed by atoms with Gasteiger partial charge in [0.05, 0.1) is 17.6 Å². The van der Waals surface area contributed by atoms with Gasteiger partial charge >= 0.3 is 0 Å². The number of aliphatic hydroxyl groups is 1. The van der Waals surface area contributed by atoms with E-state index >= 15 is 0 Å². The van der Waals surface area contributed by atoms with Crippen LogP contribution in [0.5, 0.6) is 0 Å². The summed E-state index contributed by atoms with van der Waals surface area (Å²) < 4.78 is 13.2. The highest BCUT2D eigenvalue weighted by Gasteiger charge is 2.52. The second-order valence-electron chi connectivity index (χ2n) is 6.96. The summed E-state index contributed by atoms with van der Waals surface area (Å²) in [7, 11) is 0. The van der Waals surface area contributed by atoms with Crippen LogP contribution in [-0.4, -0.2) is 40.0 Å². The number of fused-ring (bicyclic) bond motifs is 1. The van der Waals surface area contributed by atoms with Crippen LogP contribution in [0.3, 0.4) is 0 Å². The van der Waals surface area contributed by atoms with Crippen molar-refractivity contribution >= 4 is 11.8 Å². The van der Waals surface area contributed by atoms with Gasteiger partial charge < -0.3 is 15.3 Å². The molecule has 3 rings (SSSR count). The van der Waals surface area contributed by atoms with Crippen molar-refractivity contribution in [3.8, 4) is 0 Å². The highest BCUT2D eigenvalue weighted by Crippen LogP contribution is 2.45. The molecule has 2 aliphatic rings. The number of halogens is 1.